The van der Waals surface area contributed by atoms with Crippen LogP contribution >= 0.6 is 0 Å². The van der Waals surface area contributed by atoms with E-state index in [1.165, 1.54) is 0 Å². The van der Waals surface area contributed by atoms with Crippen molar-refractivity contribution in [3.8, 4) is 0 Å². The average Bonchev–Trinajstić information content (AvgIpc) is 2.61. The van der Waals surface area contributed by atoms with Crippen molar-refractivity contribution in [1.82, 2.24) is 14.8 Å². The van der Waals surface area contributed by atoms with Crippen molar-refractivity contribution in [3.05, 3.63) is 18.5 Å². The van der Waals surface area contributed by atoms with Crippen LogP contribution in [-0.4, -0.2) is 14.8 Å². The van der Waals surface area contributed by atoms with Crippen LogP contribution in [0.3, 0.4) is 0 Å². The number of fused-ring (bicyclic) bond motifs is 1. The fourth-order valence-corrected chi connectivity index (χ4v) is 1.58. The number of hydrogen-bond acceptors (Lipinski definition) is 4. The number of nitrogens with zero attached hydrogens (tertiary/aromatic N) is 3. The molecule has 5 nitrogen and oxygen atoms in total. The number of nitrogens with two attached hydrogens (primary N) is 1. The third kappa shape index (κ3) is 1.78. The van der Waals surface area contributed by atoms with Crippen molar-refractivity contribution in [2.75, 3.05) is 5.43 Å². The molecule has 0 saturated carbocycles. The fourth-order valence-electron chi connectivity index (χ4n) is 1.58. The molecule has 0 aliphatic heterocycles. The second-order valence-corrected chi connectivity index (χ2v) is 3.96. The van der Waals surface area contributed by atoms with Crippen molar-refractivity contribution in [3.63, 3.8) is 0 Å². The summed E-state index contributed by atoms with van der Waals surface area (Å²) >= 11 is 0. The number of pyridine rings is 1. The van der Waals surface area contributed by atoms with Crippen LogP contribution in [0.1, 0.15) is 13.8 Å². The van der Waals surface area contributed by atoms with Crippen LogP contribution in [0.15, 0.2) is 18.5 Å². The van der Waals surface area contributed by atoms with Gasteiger partial charge in [0.15, 0.2) is 5.65 Å². The maximum Gasteiger partial charge on any atom is 0.159 e. The Balaban J connectivity index is 2.51. The molecule has 80 valence electrons. The Hall–Kier alpha value is -1.62. The van der Waals surface area contributed by atoms with E-state index in [0.29, 0.717) is 5.92 Å². The fraction of sp³-hybridized carbons (Fsp3) is 0.400. The summed E-state index contributed by atoms with van der Waals surface area (Å²) in [6.07, 6.45) is 3.52. The molecule has 2 aromatic rings. The van der Waals surface area contributed by atoms with E-state index in [-0.39, 0.29) is 0 Å². The van der Waals surface area contributed by atoms with Crippen molar-refractivity contribution in [2.45, 2.75) is 20.4 Å². The van der Waals surface area contributed by atoms with Gasteiger partial charge in [-0.1, -0.05) is 13.8 Å². The monoisotopic (exact) mass is 205 g/mol. The van der Waals surface area contributed by atoms with Crippen LogP contribution in [0.4, 0.5) is 5.69 Å². The minimum atomic E-state index is 0.546. The molecule has 0 aliphatic rings. The van der Waals surface area contributed by atoms with Crippen molar-refractivity contribution < 1.29 is 0 Å². The number of aromatic nitrogens is 3. The highest BCUT2D eigenvalue weighted by Gasteiger charge is 2.08. The molecule has 2 aromatic heterocycles. The molecule has 0 spiro atoms. The van der Waals surface area contributed by atoms with E-state index in [2.05, 4.69) is 29.4 Å². The van der Waals surface area contributed by atoms with Gasteiger partial charge in [0.1, 0.15) is 0 Å². The van der Waals surface area contributed by atoms with Crippen LogP contribution in [0.2, 0.25) is 0 Å². The Morgan fingerprint density at radius 3 is 3.00 bits per heavy atom. The van der Waals surface area contributed by atoms with Gasteiger partial charge >= 0.3 is 0 Å². The Bertz CT molecular complexity index is 460. The molecule has 0 radical (unpaired) electrons. The summed E-state index contributed by atoms with van der Waals surface area (Å²) in [6, 6.07) is 1.84. The third-order valence-electron chi connectivity index (χ3n) is 2.23. The first-order chi connectivity index (χ1) is 7.22. The van der Waals surface area contributed by atoms with E-state index >= 15 is 0 Å². The lowest BCUT2D eigenvalue weighted by molar-refractivity contribution is 0.492. The highest BCUT2D eigenvalue weighted by Crippen LogP contribution is 2.20. The Morgan fingerprint density at radius 1 is 1.53 bits per heavy atom. The van der Waals surface area contributed by atoms with E-state index in [9.17, 15) is 0 Å². The molecule has 15 heavy (non-hydrogen) atoms. The van der Waals surface area contributed by atoms with Crippen molar-refractivity contribution >= 4 is 16.7 Å². The number of hydrogen-bond donors (Lipinski definition) is 2. The molecular formula is C10H15N5. The van der Waals surface area contributed by atoms with Crippen LogP contribution in [0, 0.1) is 5.92 Å². The molecule has 2 heterocycles. The van der Waals surface area contributed by atoms with Gasteiger partial charge in [-0.2, -0.15) is 5.10 Å². The minimum absolute atomic E-state index is 0.546. The number of nitrogen functional groups attached to an aromatic ring is 1. The summed E-state index contributed by atoms with van der Waals surface area (Å²) in [5.41, 5.74) is 4.37. The molecule has 3 N–H and O–H groups in total. The molecule has 0 saturated heterocycles. The quantitative estimate of drug-likeness (QED) is 0.586. The lowest BCUT2D eigenvalue weighted by Crippen LogP contribution is -2.08. The lowest BCUT2D eigenvalue weighted by Gasteiger charge is -2.06. The molecular weight excluding hydrogens is 190 g/mol. The van der Waals surface area contributed by atoms with Crippen molar-refractivity contribution in [2.24, 2.45) is 11.8 Å². The molecule has 0 amide bonds. The summed E-state index contributed by atoms with van der Waals surface area (Å²) in [4.78, 5) is 4.31. The van der Waals surface area contributed by atoms with Crippen LogP contribution in [-0.2, 0) is 6.54 Å². The summed E-state index contributed by atoms with van der Waals surface area (Å²) in [6.45, 7) is 5.17. The van der Waals surface area contributed by atoms with Crippen LogP contribution < -0.4 is 11.3 Å². The normalized spacial score (nSPS) is 11.2. The molecule has 0 aliphatic carbocycles. The van der Waals surface area contributed by atoms with Crippen LogP contribution in [0.5, 0.6) is 0 Å². The highest BCUT2D eigenvalue weighted by molar-refractivity contribution is 5.88. The molecule has 0 bridgehead atoms. The maximum atomic E-state index is 5.41. The molecule has 2 rings (SSSR count). The predicted molar refractivity (Wildman–Crippen MR) is 60.2 cm³/mol. The van der Waals surface area contributed by atoms with Crippen molar-refractivity contribution in [1.29, 1.82) is 0 Å². The first-order valence-electron chi connectivity index (χ1n) is 4.99. The Labute approximate surface area is 88.3 Å². The Morgan fingerprint density at radius 2 is 2.33 bits per heavy atom. The first-order valence-corrected chi connectivity index (χ1v) is 4.99. The molecule has 5 heteroatoms. The molecule has 0 unspecified atom stereocenters. The van der Waals surface area contributed by atoms with E-state index in [4.69, 9.17) is 5.84 Å². The first kappa shape index (κ1) is 9.92. The van der Waals surface area contributed by atoms with Crippen LogP contribution in [0.25, 0.3) is 11.0 Å². The van der Waals surface area contributed by atoms with E-state index in [0.717, 1.165) is 23.3 Å². The van der Waals surface area contributed by atoms with E-state index in [1.54, 1.807) is 12.4 Å². The number of nitrogens with one attached hydrogen (secondary N) is 1. The molecule has 0 aromatic carbocycles. The average molecular weight is 205 g/mol. The van der Waals surface area contributed by atoms with Gasteiger partial charge in [0, 0.05) is 12.7 Å². The summed E-state index contributed by atoms with van der Waals surface area (Å²) in [5, 5.41) is 5.26. The van der Waals surface area contributed by atoms with Gasteiger partial charge in [0.05, 0.1) is 17.3 Å². The topological polar surface area (TPSA) is 68.8 Å². The van der Waals surface area contributed by atoms with Gasteiger partial charge < -0.3 is 5.43 Å². The summed E-state index contributed by atoms with van der Waals surface area (Å²) in [5.74, 6) is 5.96. The maximum absolute atomic E-state index is 5.41. The van der Waals surface area contributed by atoms with Gasteiger partial charge in [-0.05, 0) is 12.0 Å². The zero-order valence-electron chi connectivity index (χ0n) is 8.94. The zero-order chi connectivity index (χ0) is 10.8. The number of anilines is 1. The van der Waals surface area contributed by atoms with Gasteiger partial charge in [-0.15, -0.1) is 0 Å². The number of rotatable bonds is 3. The third-order valence-corrected chi connectivity index (χ3v) is 2.23. The summed E-state index contributed by atoms with van der Waals surface area (Å²) in [7, 11) is 0. The minimum Gasteiger partial charge on any atom is -0.323 e. The van der Waals surface area contributed by atoms with Gasteiger partial charge in [0.2, 0.25) is 0 Å². The van der Waals surface area contributed by atoms with Gasteiger partial charge in [-0.25, -0.2) is 9.67 Å². The van der Waals surface area contributed by atoms with Gasteiger partial charge in [0.25, 0.3) is 0 Å². The lowest BCUT2D eigenvalue weighted by atomic mass is 10.2. The smallest absolute Gasteiger partial charge is 0.159 e. The Kier molecular flexibility index (Phi) is 2.55. The predicted octanol–water partition coefficient (Wildman–Crippen LogP) is 1.37. The standard InChI is InChI=1S/C10H15N5/c1-7(2)6-15-10-8(5-13-15)9(14-11)3-4-12-10/h3-5,7H,6,11H2,1-2H3,(H,12,14). The number of hydrazine groups is 1. The highest BCUT2D eigenvalue weighted by atomic mass is 15.3. The van der Waals surface area contributed by atoms with E-state index in [1.807, 2.05) is 10.7 Å². The largest absolute Gasteiger partial charge is 0.323 e. The zero-order valence-corrected chi connectivity index (χ0v) is 8.94. The molecule has 0 fully saturated rings. The molecule has 0 atom stereocenters. The second-order valence-electron chi connectivity index (χ2n) is 3.96. The van der Waals surface area contributed by atoms with Gasteiger partial charge in [-0.3, -0.25) is 5.84 Å². The second kappa shape index (κ2) is 3.86. The SMILES string of the molecule is CC(C)Cn1ncc2c(NN)ccnc21. The summed E-state index contributed by atoms with van der Waals surface area (Å²) < 4.78 is 1.90. The van der Waals surface area contributed by atoms with E-state index < -0.39 is 0 Å².